The predicted octanol–water partition coefficient (Wildman–Crippen LogP) is 3.72. The predicted molar refractivity (Wildman–Crippen MR) is 156 cm³/mol. The summed E-state index contributed by atoms with van der Waals surface area (Å²) in [5, 5.41) is 22.4. The molecule has 3 aromatic rings. The maximum Gasteiger partial charge on any atom is 0.323 e. The Labute approximate surface area is 239 Å². The highest BCUT2D eigenvalue weighted by Gasteiger charge is 2.51. The van der Waals surface area contributed by atoms with Crippen LogP contribution in [-0.2, 0) is 32.6 Å². The fraction of sp³-hybridized carbons (Fsp3) is 0.375. The van der Waals surface area contributed by atoms with Gasteiger partial charge in [-0.1, -0.05) is 55.3 Å². The van der Waals surface area contributed by atoms with Gasteiger partial charge in [-0.05, 0) is 73.5 Å². The molecule has 0 bridgehead atoms. The average molecular weight is 554 g/mol. The molecule has 2 aromatic carbocycles. The molecule has 1 aliphatic heterocycles. The molecule has 1 aromatic heterocycles. The minimum Gasteiger partial charge on any atom is -0.480 e. The van der Waals surface area contributed by atoms with E-state index in [1.54, 1.807) is 6.20 Å². The van der Waals surface area contributed by atoms with Crippen LogP contribution in [0, 0.1) is 0 Å². The van der Waals surface area contributed by atoms with Gasteiger partial charge in [-0.3, -0.25) is 14.4 Å². The quantitative estimate of drug-likeness (QED) is 0.259. The first-order chi connectivity index (χ1) is 19.9. The maximum atomic E-state index is 13.0. The van der Waals surface area contributed by atoms with Crippen LogP contribution in [0.15, 0.2) is 66.9 Å². The molecule has 2 aliphatic carbocycles. The van der Waals surface area contributed by atoms with Gasteiger partial charge in [0, 0.05) is 23.5 Å². The van der Waals surface area contributed by atoms with Gasteiger partial charge >= 0.3 is 5.97 Å². The zero-order chi connectivity index (χ0) is 28.5. The lowest BCUT2D eigenvalue weighted by atomic mass is 9.79. The summed E-state index contributed by atoms with van der Waals surface area (Å²) >= 11 is 0. The van der Waals surface area contributed by atoms with Crippen molar-refractivity contribution in [1.29, 1.82) is 0 Å². The van der Waals surface area contributed by atoms with Gasteiger partial charge in [-0.2, -0.15) is 0 Å². The molecule has 1 saturated carbocycles. The van der Waals surface area contributed by atoms with Crippen molar-refractivity contribution in [2.45, 2.75) is 61.9 Å². The van der Waals surface area contributed by atoms with Gasteiger partial charge in [0.2, 0.25) is 11.8 Å². The number of rotatable bonds is 10. The number of nitrogens with one attached hydrogen (secondary N) is 4. The number of amides is 2. The lowest BCUT2D eigenvalue weighted by Crippen LogP contribution is -2.50. The number of hydrogen-bond acceptors (Lipinski definition) is 6. The van der Waals surface area contributed by atoms with Gasteiger partial charge < -0.3 is 26.4 Å². The number of carbonyl (C=O) groups is 3. The largest absolute Gasteiger partial charge is 0.480 e. The first-order valence-electron chi connectivity index (χ1n) is 14.3. The van der Waals surface area contributed by atoms with E-state index in [1.807, 2.05) is 60.7 Å². The van der Waals surface area contributed by atoms with Gasteiger partial charge in [0.1, 0.15) is 11.4 Å². The number of anilines is 2. The summed E-state index contributed by atoms with van der Waals surface area (Å²) in [6, 6.07) is 19.5. The second-order valence-corrected chi connectivity index (χ2v) is 11.5. The number of pyridine rings is 1. The molecule has 0 radical (unpaired) electrons. The number of carboxylic acid groups (broad SMARTS) is 1. The number of aliphatic carboxylic acids is 1. The molecule has 5 N–H and O–H groups in total. The number of carboxylic acids is 1. The van der Waals surface area contributed by atoms with Gasteiger partial charge in [0.05, 0.1) is 12.0 Å². The molecule has 1 fully saturated rings. The van der Waals surface area contributed by atoms with E-state index in [1.165, 1.54) is 0 Å². The van der Waals surface area contributed by atoms with E-state index in [0.717, 1.165) is 35.1 Å². The lowest BCUT2D eigenvalue weighted by Gasteiger charge is -2.27. The smallest absolute Gasteiger partial charge is 0.323 e. The molecule has 1 unspecified atom stereocenters. The number of hydrogen-bond donors (Lipinski definition) is 5. The highest BCUT2D eigenvalue weighted by molar-refractivity contribution is 6.06. The summed E-state index contributed by atoms with van der Waals surface area (Å²) < 4.78 is 0. The fourth-order valence-corrected chi connectivity index (χ4v) is 6.74. The summed E-state index contributed by atoms with van der Waals surface area (Å²) in [6.45, 7) is 0.630. The monoisotopic (exact) mass is 553 g/mol. The molecular weight excluding hydrogens is 518 g/mol. The highest BCUT2D eigenvalue weighted by Crippen LogP contribution is 2.47. The van der Waals surface area contributed by atoms with Crippen LogP contribution in [0.1, 0.15) is 60.4 Å². The first kappa shape index (κ1) is 27.1. The SMILES string of the molecule is O=C(CN[C@@H](CCNC1(C(=O)O)CCCC1)c1ccccc1)Nc1ccc2c(c1)CC1(C2)C(=O)Nc2ncccc21. The van der Waals surface area contributed by atoms with E-state index in [2.05, 4.69) is 26.3 Å². The Balaban J connectivity index is 1.08. The highest BCUT2D eigenvalue weighted by atomic mass is 16.4. The molecule has 6 rings (SSSR count). The standard InChI is InChI=1S/C32H35N5O4/c38-27(20-34-26(21-7-2-1-3-8-21)12-16-35-32(30(40)41)13-4-5-14-32)36-24-11-10-22-18-31(19-23(22)17-24)25-9-6-15-33-28(25)37-29(31)39/h1-3,6-11,15,17,26,34-35H,4-5,12-14,16,18-20H2,(H,36,38)(H,40,41)(H,33,37,39)/t26-,31?/m0/s1. The Morgan fingerprint density at radius 1 is 1.00 bits per heavy atom. The van der Waals surface area contributed by atoms with Crippen molar-refractivity contribution in [3.63, 3.8) is 0 Å². The van der Waals surface area contributed by atoms with Crippen molar-refractivity contribution in [3.8, 4) is 0 Å². The molecule has 0 saturated heterocycles. The lowest BCUT2D eigenvalue weighted by molar-refractivity contribution is -0.144. The van der Waals surface area contributed by atoms with Gasteiger partial charge in [-0.15, -0.1) is 0 Å². The number of fused-ring (bicyclic) bond motifs is 3. The van der Waals surface area contributed by atoms with E-state index in [-0.39, 0.29) is 24.4 Å². The summed E-state index contributed by atoms with van der Waals surface area (Å²) in [5.74, 6) is -0.346. The third-order valence-corrected chi connectivity index (χ3v) is 8.94. The number of benzene rings is 2. The first-order valence-corrected chi connectivity index (χ1v) is 14.3. The zero-order valence-corrected chi connectivity index (χ0v) is 22.9. The normalized spacial score (nSPS) is 20.8. The zero-order valence-electron chi connectivity index (χ0n) is 22.9. The van der Waals surface area contributed by atoms with Crippen molar-refractivity contribution in [3.05, 3.63) is 89.1 Å². The van der Waals surface area contributed by atoms with Crippen LogP contribution in [0.3, 0.4) is 0 Å². The van der Waals surface area contributed by atoms with Crippen LogP contribution in [0.4, 0.5) is 11.5 Å². The molecular formula is C32H35N5O4. The molecule has 9 nitrogen and oxygen atoms in total. The number of aromatic nitrogens is 1. The van der Waals surface area contributed by atoms with E-state index in [4.69, 9.17) is 0 Å². The summed E-state index contributed by atoms with van der Waals surface area (Å²) in [4.78, 5) is 42.2. The number of carbonyl (C=O) groups excluding carboxylic acids is 2. The topological polar surface area (TPSA) is 132 Å². The maximum absolute atomic E-state index is 13.0. The van der Waals surface area contributed by atoms with Gasteiger partial charge in [-0.25, -0.2) is 4.98 Å². The Kier molecular flexibility index (Phi) is 7.32. The van der Waals surface area contributed by atoms with Gasteiger partial charge in [0.15, 0.2) is 0 Å². The van der Waals surface area contributed by atoms with E-state index < -0.39 is 16.9 Å². The minimum atomic E-state index is -0.845. The molecule has 2 heterocycles. The van der Waals surface area contributed by atoms with Crippen molar-refractivity contribution in [1.82, 2.24) is 15.6 Å². The Bertz CT molecular complexity index is 1470. The third-order valence-electron chi connectivity index (χ3n) is 8.94. The Hall–Kier alpha value is -4.08. The summed E-state index contributed by atoms with van der Waals surface area (Å²) in [5.41, 5.74) is 3.33. The van der Waals surface area contributed by atoms with Crippen LogP contribution in [0.2, 0.25) is 0 Å². The van der Waals surface area contributed by atoms with E-state index in [0.29, 0.717) is 50.2 Å². The molecule has 2 amide bonds. The third kappa shape index (κ3) is 5.23. The van der Waals surface area contributed by atoms with Crippen molar-refractivity contribution < 1.29 is 19.5 Å². The van der Waals surface area contributed by atoms with Crippen LogP contribution in [-0.4, -0.2) is 46.5 Å². The second-order valence-electron chi connectivity index (χ2n) is 11.5. The van der Waals surface area contributed by atoms with Crippen LogP contribution < -0.4 is 21.3 Å². The summed E-state index contributed by atoms with van der Waals surface area (Å²) in [6.07, 6.45) is 6.62. The number of nitrogens with zero attached hydrogens (tertiary/aromatic N) is 1. The van der Waals surface area contributed by atoms with Crippen molar-refractivity contribution in [2.24, 2.45) is 0 Å². The fourth-order valence-electron chi connectivity index (χ4n) is 6.74. The molecule has 3 aliphatic rings. The van der Waals surface area contributed by atoms with Crippen LogP contribution in [0.25, 0.3) is 0 Å². The average Bonchev–Trinajstić information content (AvgIpc) is 3.68. The molecule has 2 atom stereocenters. The van der Waals surface area contributed by atoms with Crippen molar-refractivity contribution in [2.75, 3.05) is 23.7 Å². The molecule has 212 valence electrons. The van der Waals surface area contributed by atoms with Crippen LogP contribution in [0.5, 0.6) is 0 Å². The minimum absolute atomic E-state index is 0.0270. The summed E-state index contributed by atoms with van der Waals surface area (Å²) in [7, 11) is 0. The van der Waals surface area contributed by atoms with Crippen LogP contribution >= 0.6 is 0 Å². The Morgan fingerprint density at radius 3 is 2.56 bits per heavy atom. The Morgan fingerprint density at radius 2 is 1.78 bits per heavy atom. The van der Waals surface area contributed by atoms with Crippen molar-refractivity contribution >= 4 is 29.3 Å². The molecule has 9 heteroatoms. The molecule has 41 heavy (non-hydrogen) atoms. The van der Waals surface area contributed by atoms with E-state index >= 15 is 0 Å². The second kappa shape index (κ2) is 11.1. The van der Waals surface area contributed by atoms with Gasteiger partial charge in [0.25, 0.3) is 0 Å². The molecule has 1 spiro atoms. The van der Waals surface area contributed by atoms with E-state index in [9.17, 15) is 19.5 Å².